The molecule has 4 nitrogen and oxygen atoms in total. The van der Waals surface area contributed by atoms with Gasteiger partial charge < -0.3 is 11.1 Å². The predicted octanol–water partition coefficient (Wildman–Crippen LogP) is 1.10. The smallest absolute Gasteiger partial charge is 0.269 e. The van der Waals surface area contributed by atoms with E-state index >= 15 is 0 Å². The maximum atomic E-state index is 11.7. The maximum absolute atomic E-state index is 11.7. The molecule has 1 unspecified atom stereocenters. The van der Waals surface area contributed by atoms with E-state index in [1.165, 1.54) is 0 Å². The third-order valence-corrected chi connectivity index (χ3v) is 2.39. The number of amides is 1. The van der Waals surface area contributed by atoms with Gasteiger partial charge in [-0.1, -0.05) is 13.0 Å². The van der Waals surface area contributed by atoms with Crippen molar-refractivity contribution in [2.45, 2.75) is 20.3 Å². The van der Waals surface area contributed by atoms with E-state index < -0.39 is 0 Å². The first-order chi connectivity index (χ1) is 7.63. The zero-order chi connectivity index (χ0) is 12.0. The summed E-state index contributed by atoms with van der Waals surface area (Å²) in [6.07, 6.45) is 0.918. The van der Waals surface area contributed by atoms with Crippen molar-refractivity contribution in [3.8, 4) is 0 Å². The van der Waals surface area contributed by atoms with E-state index in [2.05, 4.69) is 17.2 Å². The van der Waals surface area contributed by atoms with Crippen LogP contribution in [0.5, 0.6) is 0 Å². The highest BCUT2D eigenvalue weighted by atomic mass is 16.1. The molecule has 0 radical (unpaired) electrons. The van der Waals surface area contributed by atoms with Crippen LogP contribution in [0.4, 0.5) is 0 Å². The van der Waals surface area contributed by atoms with Gasteiger partial charge in [-0.2, -0.15) is 0 Å². The summed E-state index contributed by atoms with van der Waals surface area (Å²) in [7, 11) is 0. The van der Waals surface area contributed by atoms with Crippen molar-refractivity contribution in [3.63, 3.8) is 0 Å². The summed E-state index contributed by atoms with van der Waals surface area (Å²) < 4.78 is 0. The largest absolute Gasteiger partial charge is 0.350 e. The van der Waals surface area contributed by atoms with Crippen molar-refractivity contribution >= 4 is 5.91 Å². The van der Waals surface area contributed by atoms with Crippen molar-refractivity contribution in [1.29, 1.82) is 0 Å². The number of nitrogens with two attached hydrogens (primary N) is 1. The lowest BCUT2D eigenvalue weighted by Crippen LogP contribution is -2.29. The Morgan fingerprint density at radius 3 is 2.94 bits per heavy atom. The van der Waals surface area contributed by atoms with Crippen LogP contribution in [0.3, 0.4) is 0 Å². The number of aryl methyl sites for hydroxylation is 1. The summed E-state index contributed by atoms with van der Waals surface area (Å²) >= 11 is 0. The van der Waals surface area contributed by atoms with Crippen molar-refractivity contribution in [1.82, 2.24) is 10.3 Å². The summed E-state index contributed by atoms with van der Waals surface area (Å²) in [6, 6.07) is 5.42. The lowest BCUT2D eigenvalue weighted by Gasteiger charge is -2.11. The van der Waals surface area contributed by atoms with E-state index in [0.29, 0.717) is 24.7 Å². The van der Waals surface area contributed by atoms with Gasteiger partial charge in [0, 0.05) is 12.2 Å². The molecular formula is C12H19N3O. The Bertz CT molecular complexity index is 352. The molecule has 16 heavy (non-hydrogen) atoms. The molecule has 1 rings (SSSR count). The predicted molar refractivity (Wildman–Crippen MR) is 64.1 cm³/mol. The van der Waals surface area contributed by atoms with E-state index in [1.54, 1.807) is 6.07 Å². The van der Waals surface area contributed by atoms with Crippen molar-refractivity contribution in [3.05, 3.63) is 29.6 Å². The minimum Gasteiger partial charge on any atom is -0.350 e. The highest BCUT2D eigenvalue weighted by Crippen LogP contribution is 2.00. The topological polar surface area (TPSA) is 68.0 Å². The van der Waals surface area contributed by atoms with Crippen LogP contribution < -0.4 is 11.1 Å². The first kappa shape index (κ1) is 12.6. The fourth-order valence-corrected chi connectivity index (χ4v) is 1.41. The molecule has 1 aromatic heterocycles. The third-order valence-electron chi connectivity index (χ3n) is 2.39. The molecule has 1 heterocycles. The Labute approximate surface area is 96.3 Å². The number of hydrogen-bond acceptors (Lipinski definition) is 3. The second-order valence-electron chi connectivity index (χ2n) is 4.06. The van der Waals surface area contributed by atoms with Crippen LogP contribution in [-0.4, -0.2) is 24.0 Å². The van der Waals surface area contributed by atoms with Gasteiger partial charge in [-0.3, -0.25) is 4.79 Å². The number of hydrogen-bond donors (Lipinski definition) is 2. The quantitative estimate of drug-likeness (QED) is 0.782. The summed E-state index contributed by atoms with van der Waals surface area (Å²) in [5.74, 6) is 0.284. The Balaban J connectivity index is 2.47. The average molecular weight is 221 g/mol. The molecular weight excluding hydrogens is 202 g/mol. The zero-order valence-corrected chi connectivity index (χ0v) is 9.86. The van der Waals surface area contributed by atoms with Crippen LogP contribution >= 0.6 is 0 Å². The molecule has 1 atom stereocenters. The summed E-state index contributed by atoms with van der Waals surface area (Å²) in [5, 5.41) is 2.85. The van der Waals surface area contributed by atoms with E-state index in [1.807, 2.05) is 19.1 Å². The molecule has 0 spiro atoms. The van der Waals surface area contributed by atoms with Gasteiger partial charge in [0.25, 0.3) is 5.91 Å². The lowest BCUT2D eigenvalue weighted by atomic mass is 10.1. The number of aromatic nitrogens is 1. The van der Waals surface area contributed by atoms with Crippen LogP contribution in [0, 0.1) is 12.8 Å². The van der Waals surface area contributed by atoms with Gasteiger partial charge in [0.1, 0.15) is 5.69 Å². The maximum Gasteiger partial charge on any atom is 0.269 e. The fraction of sp³-hybridized carbons (Fsp3) is 0.500. The second-order valence-corrected chi connectivity index (χ2v) is 4.06. The minimum atomic E-state index is -0.118. The van der Waals surface area contributed by atoms with Crippen LogP contribution in [0.15, 0.2) is 18.2 Å². The monoisotopic (exact) mass is 221 g/mol. The molecule has 0 fully saturated rings. The number of carbonyl (C=O) groups is 1. The van der Waals surface area contributed by atoms with E-state index in [4.69, 9.17) is 5.73 Å². The van der Waals surface area contributed by atoms with Gasteiger partial charge in [-0.25, -0.2) is 4.98 Å². The van der Waals surface area contributed by atoms with E-state index in [-0.39, 0.29) is 5.91 Å². The molecule has 0 bridgehead atoms. The van der Waals surface area contributed by atoms with Crippen LogP contribution in [0.25, 0.3) is 0 Å². The SMILES string of the molecule is Cc1cccc(C(=O)NCC(C)CCN)n1. The highest BCUT2D eigenvalue weighted by molar-refractivity contribution is 5.92. The molecule has 0 aliphatic rings. The number of pyridine rings is 1. The number of carbonyl (C=O) groups excluding carboxylic acids is 1. The normalized spacial score (nSPS) is 12.2. The second kappa shape index (κ2) is 6.23. The molecule has 0 aliphatic heterocycles. The lowest BCUT2D eigenvalue weighted by molar-refractivity contribution is 0.0942. The standard InChI is InChI=1S/C12H19N3O/c1-9(6-7-13)8-14-12(16)11-5-3-4-10(2)15-11/h3-5,9H,6-8,13H2,1-2H3,(H,14,16). The zero-order valence-electron chi connectivity index (χ0n) is 9.86. The first-order valence-corrected chi connectivity index (χ1v) is 5.55. The van der Waals surface area contributed by atoms with Crippen molar-refractivity contribution in [2.75, 3.05) is 13.1 Å². The molecule has 0 aliphatic carbocycles. The number of rotatable bonds is 5. The molecule has 0 saturated heterocycles. The molecule has 1 amide bonds. The van der Waals surface area contributed by atoms with Gasteiger partial charge in [-0.15, -0.1) is 0 Å². The Morgan fingerprint density at radius 2 is 2.31 bits per heavy atom. The molecule has 3 N–H and O–H groups in total. The molecule has 0 saturated carbocycles. The molecule has 1 aromatic rings. The highest BCUT2D eigenvalue weighted by Gasteiger charge is 2.08. The van der Waals surface area contributed by atoms with Crippen LogP contribution in [0.2, 0.25) is 0 Å². The van der Waals surface area contributed by atoms with Gasteiger partial charge in [0.15, 0.2) is 0 Å². The van der Waals surface area contributed by atoms with Crippen molar-refractivity contribution < 1.29 is 4.79 Å². The Morgan fingerprint density at radius 1 is 1.56 bits per heavy atom. The average Bonchev–Trinajstić information content (AvgIpc) is 2.26. The minimum absolute atomic E-state index is 0.118. The van der Waals surface area contributed by atoms with E-state index in [9.17, 15) is 4.79 Å². The van der Waals surface area contributed by atoms with Gasteiger partial charge in [-0.05, 0) is 37.9 Å². The number of nitrogens with one attached hydrogen (secondary N) is 1. The molecule has 4 heteroatoms. The summed E-state index contributed by atoms with van der Waals surface area (Å²) in [6.45, 7) is 5.23. The molecule has 88 valence electrons. The fourth-order valence-electron chi connectivity index (χ4n) is 1.41. The summed E-state index contributed by atoms with van der Waals surface area (Å²) in [5.41, 5.74) is 6.76. The van der Waals surface area contributed by atoms with Gasteiger partial charge >= 0.3 is 0 Å². The molecule has 0 aromatic carbocycles. The van der Waals surface area contributed by atoms with Gasteiger partial charge in [0.05, 0.1) is 0 Å². The van der Waals surface area contributed by atoms with E-state index in [0.717, 1.165) is 12.1 Å². The van der Waals surface area contributed by atoms with Gasteiger partial charge in [0.2, 0.25) is 0 Å². The van der Waals surface area contributed by atoms with Crippen LogP contribution in [0.1, 0.15) is 29.5 Å². The van der Waals surface area contributed by atoms with Crippen LogP contribution in [-0.2, 0) is 0 Å². The Hall–Kier alpha value is -1.42. The van der Waals surface area contributed by atoms with Crippen molar-refractivity contribution in [2.24, 2.45) is 11.7 Å². The third kappa shape index (κ3) is 3.98. The summed E-state index contributed by atoms with van der Waals surface area (Å²) in [4.78, 5) is 15.9. The Kier molecular flexibility index (Phi) is 4.92. The first-order valence-electron chi connectivity index (χ1n) is 5.55. The number of nitrogens with zero attached hydrogens (tertiary/aromatic N) is 1.